The molecule has 2 aromatic heterocycles. The van der Waals surface area contributed by atoms with Crippen LogP contribution in [0, 0.1) is 19.8 Å². The zero-order chi connectivity index (χ0) is 14.3. The van der Waals surface area contributed by atoms with Crippen LogP contribution in [0.4, 0.5) is 0 Å². The largest absolute Gasteiger partial charge is 0.369 e. The first-order valence-corrected chi connectivity index (χ1v) is 8.06. The van der Waals surface area contributed by atoms with E-state index in [1.165, 1.54) is 27.8 Å². The molecule has 0 fully saturated rings. The summed E-state index contributed by atoms with van der Waals surface area (Å²) in [5, 5.41) is 4.82. The lowest BCUT2D eigenvalue weighted by atomic mass is 10.1. The number of pyridine rings is 1. The van der Waals surface area contributed by atoms with Crippen molar-refractivity contribution < 1.29 is 0 Å². The Morgan fingerprint density at radius 3 is 2.90 bits per heavy atom. The van der Waals surface area contributed by atoms with Gasteiger partial charge in [0.05, 0.1) is 11.4 Å². The number of rotatable bonds is 3. The van der Waals surface area contributed by atoms with Crippen LogP contribution in [0.15, 0.2) is 11.1 Å². The van der Waals surface area contributed by atoms with Crippen LogP contribution in [0.3, 0.4) is 0 Å². The molecule has 0 saturated heterocycles. The lowest BCUT2D eigenvalue weighted by Crippen LogP contribution is -2.24. The first-order valence-electron chi connectivity index (χ1n) is 7.24. The maximum absolute atomic E-state index is 4.68. The van der Waals surface area contributed by atoms with Gasteiger partial charge in [0, 0.05) is 23.2 Å². The molecular weight excluding hydrogens is 266 g/mol. The Labute approximate surface area is 124 Å². The fraction of sp³-hybridized carbons (Fsp3) is 0.500. The molecule has 20 heavy (non-hydrogen) atoms. The second-order valence-corrected chi connectivity index (χ2v) is 6.94. The molecule has 3 nitrogen and oxygen atoms in total. The number of aliphatic imine (C=N–C) groups is 1. The summed E-state index contributed by atoms with van der Waals surface area (Å²) < 4.78 is 0. The van der Waals surface area contributed by atoms with E-state index in [0.717, 1.165) is 35.4 Å². The highest BCUT2D eigenvalue weighted by Crippen LogP contribution is 2.36. The van der Waals surface area contributed by atoms with Crippen molar-refractivity contribution >= 4 is 27.4 Å². The number of aromatic nitrogens is 1. The van der Waals surface area contributed by atoms with E-state index in [0.29, 0.717) is 0 Å². The highest BCUT2D eigenvalue weighted by molar-refractivity contribution is 7.20. The minimum Gasteiger partial charge on any atom is -0.369 e. The molecule has 0 amide bonds. The summed E-state index contributed by atoms with van der Waals surface area (Å²) in [6.45, 7) is 10.5. The molecule has 1 N–H and O–H groups in total. The average molecular weight is 287 g/mol. The number of fused-ring (bicyclic) bond motifs is 3. The lowest BCUT2D eigenvalue weighted by Gasteiger charge is -2.07. The Morgan fingerprint density at radius 1 is 1.35 bits per heavy atom. The standard InChI is InChI=1S/C16H21N3S/c1-9(2)5-6-17-15-14-12(8-18-15)13-10(3)7-11(4)19-16(13)20-14/h7,9H,5-6,8H2,1-4H3,(H,17,18). The van der Waals surface area contributed by atoms with Crippen molar-refractivity contribution in [1.82, 2.24) is 10.3 Å². The van der Waals surface area contributed by atoms with Crippen molar-refractivity contribution in [2.45, 2.75) is 40.7 Å². The number of hydrogen-bond acceptors (Lipinski definition) is 4. The van der Waals surface area contributed by atoms with Gasteiger partial charge in [-0.15, -0.1) is 11.3 Å². The first kappa shape index (κ1) is 13.6. The second kappa shape index (κ2) is 5.17. The predicted octanol–water partition coefficient (Wildman–Crippen LogP) is 3.81. The van der Waals surface area contributed by atoms with Crippen molar-refractivity contribution in [1.29, 1.82) is 0 Å². The van der Waals surface area contributed by atoms with Gasteiger partial charge in [-0.05, 0) is 37.8 Å². The summed E-state index contributed by atoms with van der Waals surface area (Å²) in [6, 6.07) is 2.17. The van der Waals surface area contributed by atoms with Crippen LogP contribution in [0.5, 0.6) is 0 Å². The molecule has 0 aliphatic carbocycles. The number of amidine groups is 1. The third kappa shape index (κ3) is 2.33. The number of nitrogens with one attached hydrogen (secondary N) is 1. The van der Waals surface area contributed by atoms with Crippen molar-refractivity contribution in [3.05, 3.63) is 27.8 Å². The lowest BCUT2D eigenvalue weighted by molar-refractivity contribution is 0.578. The number of thiophene rings is 1. The molecule has 1 aliphatic heterocycles. The van der Waals surface area contributed by atoms with Crippen LogP contribution in [0.25, 0.3) is 10.2 Å². The third-order valence-electron chi connectivity index (χ3n) is 3.71. The maximum Gasteiger partial charge on any atom is 0.139 e. The summed E-state index contributed by atoms with van der Waals surface area (Å²) in [7, 11) is 0. The molecule has 106 valence electrons. The van der Waals surface area contributed by atoms with Gasteiger partial charge in [-0.2, -0.15) is 0 Å². The summed E-state index contributed by atoms with van der Waals surface area (Å²) in [6.07, 6.45) is 1.18. The van der Waals surface area contributed by atoms with Gasteiger partial charge in [-0.1, -0.05) is 13.8 Å². The number of hydrogen-bond donors (Lipinski definition) is 1. The molecule has 0 spiro atoms. The van der Waals surface area contributed by atoms with Gasteiger partial charge in [0.15, 0.2) is 0 Å². The van der Waals surface area contributed by atoms with Gasteiger partial charge in [-0.3, -0.25) is 4.99 Å². The zero-order valence-electron chi connectivity index (χ0n) is 12.6. The molecule has 0 atom stereocenters. The van der Waals surface area contributed by atoms with Crippen LogP contribution < -0.4 is 5.32 Å². The minimum absolute atomic E-state index is 0.720. The first-order chi connectivity index (χ1) is 9.56. The van der Waals surface area contributed by atoms with Crippen LogP contribution in [0.2, 0.25) is 0 Å². The predicted molar refractivity (Wildman–Crippen MR) is 86.8 cm³/mol. The Morgan fingerprint density at radius 2 is 2.15 bits per heavy atom. The van der Waals surface area contributed by atoms with Crippen molar-refractivity contribution in [2.24, 2.45) is 10.9 Å². The SMILES string of the molecule is Cc1cc(C)c2c3c(sc2n1)C(NCCC(C)C)=NC3. The van der Waals surface area contributed by atoms with Crippen molar-refractivity contribution in [2.75, 3.05) is 6.54 Å². The molecule has 1 aliphatic rings. The topological polar surface area (TPSA) is 37.3 Å². The smallest absolute Gasteiger partial charge is 0.139 e. The van der Waals surface area contributed by atoms with E-state index < -0.39 is 0 Å². The van der Waals surface area contributed by atoms with Gasteiger partial charge in [0.2, 0.25) is 0 Å². The van der Waals surface area contributed by atoms with Crippen molar-refractivity contribution in [3.63, 3.8) is 0 Å². The molecular formula is C16H21N3S. The summed E-state index contributed by atoms with van der Waals surface area (Å²) in [4.78, 5) is 11.8. The van der Waals surface area contributed by atoms with Crippen LogP contribution >= 0.6 is 11.3 Å². The van der Waals surface area contributed by atoms with E-state index in [4.69, 9.17) is 0 Å². The van der Waals surface area contributed by atoms with E-state index >= 15 is 0 Å². The Bertz CT molecular complexity index is 683. The highest BCUT2D eigenvalue weighted by Gasteiger charge is 2.23. The minimum atomic E-state index is 0.720. The molecule has 0 aromatic carbocycles. The number of aryl methyl sites for hydroxylation is 2. The molecule has 2 aromatic rings. The molecule has 3 rings (SSSR count). The van der Waals surface area contributed by atoms with Gasteiger partial charge in [0.25, 0.3) is 0 Å². The van der Waals surface area contributed by atoms with E-state index in [1.54, 1.807) is 11.3 Å². The Hall–Kier alpha value is -1.42. The molecule has 0 radical (unpaired) electrons. The second-order valence-electron chi connectivity index (χ2n) is 5.94. The van der Waals surface area contributed by atoms with Crippen LogP contribution in [-0.4, -0.2) is 17.4 Å². The monoisotopic (exact) mass is 287 g/mol. The van der Waals surface area contributed by atoms with Gasteiger partial charge < -0.3 is 5.32 Å². The van der Waals surface area contributed by atoms with Gasteiger partial charge >= 0.3 is 0 Å². The van der Waals surface area contributed by atoms with E-state index in [-0.39, 0.29) is 0 Å². The molecule has 0 unspecified atom stereocenters. The van der Waals surface area contributed by atoms with Crippen LogP contribution in [-0.2, 0) is 6.54 Å². The molecule has 4 heteroatoms. The average Bonchev–Trinajstić information content (AvgIpc) is 2.87. The van der Waals surface area contributed by atoms with E-state index in [2.05, 4.69) is 49.1 Å². The highest BCUT2D eigenvalue weighted by atomic mass is 32.1. The van der Waals surface area contributed by atoms with Crippen molar-refractivity contribution in [3.8, 4) is 0 Å². The van der Waals surface area contributed by atoms with Gasteiger partial charge in [-0.25, -0.2) is 4.98 Å². The summed E-state index contributed by atoms with van der Waals surface area (Å²) >= 11 is 1.78. The molecule has 0 bridgehead atoms. The number of nitrogens with zero attached hydrogens (tertiary/aromatic N) is 2. The molecule has 3 heterocycles. The Balaban J connectivity index is 1.91. The van der Waals surface area contributed by atoms with E-state index in [1.807, 2.05) is 0 Å². The molecule has 0 saturated carbocycles. The summed E-state index contributed by atoms with van der Waals surface area (Å²) in [5.74, 6) is 1.79. The van der Waals surface area contributed by atoms with Gasteiger partial charge in [0.1, 0.15) is 10.7 Å². The normalized spacial score (nSPS) is 13.9. The quantitative estimate of drug-likeness (QED) is 0.932. The zero-order valence-corrected chi connectivity index (χ0v) is 13.4. The maximum atomic E-state index is 4.68. The van der Waals surface area contributed by atoms with E-state index in [9.17, 15) is 0 Å². The third-order valence-corrected chi connectivity index (χ3v) is 4.84. The Kier molecular flexibility index (Phi) is 3.50. The van der Waals surface area contributed by atoms with Crippen LogP contribution in [0.1, 0.15) is 42.0 Å². The fourth-order valence-corrected chi connectivity index (χ4v) is 4.00. The summed E-state index contributed by atoms with van der Waals surface area (Å²) in [5.41, 5.74) is 3.78. The fourth-order valence-electron chi connectivity index (χ4n) is 2.70.